The molecule has 0 aliphatic carbocycles. The number of rotatable bonds is 14. The molecule has 2 aliphatic rings. The molecule has 2 aromatic heterocycles. The van der Waals surface area contributed by atoms with Crippen molar-refractivity contribution in [2.75, 3.05) is 18.9 Å². The summed E-state index contributed by atoms with van der Waals surface area (Å²) in [4.78, 5) is 79.5. The monoisotopic (exact) mass is 773 g/mol. The number of nitrogens with one attached hydrogen (secondary N) is 1. The molecule has 0 aromatic carbocycles. The van der Waals surface area contributed by atoms with E-state index < -0.39 is 104 Å². The van der Waals surface area contributed by atoms with E-state index in [2.05, 4.69) is 27.0 Å². The lowest BCUT2D eigenvalue weighted by molar-refractivity contribution is -0.0542. The molecule has 0 spiro atoms. The van der Waals surface area contributed by atoms with Crippen LogP contribution in [0.4, 0.5) is 5.82 Å². The van der Waals surface area contributed by atoms with Crippen molar-refractivity contribution in [3.8, 4) is 0 Å². The number of nitrogen functional groups attached to an aromatic ring is 1. The van der Waals surface area contributed by atoms with Crippen LogP contribution in [0.25, 0.3) is 0 Å². The predicted molar refractivity (Wildman–Crippen MR) is 149 cm³/mol. The first kappa shape index (κ1) is 38.5. The number of ether oxygens (including phenoxy) is 2. The van der Waals surface area contributed by atoms with Gasteiger partial charge in [-0.05, 0) is 6.07 Å². The van der Waals surface area contributed by atoms with Crippen molar-refractivity contribution in [3.63, 3.8) is 0 Å². The SMILES string of the molecule is Nc1ccn(C2OC(COP(=O)(O)OP(=O)(O)OP(=O)(O)OP(=O)(O)OCC3OC(n4ccc(=O)[nH]c4=O)C(O)C3O)CC2O)c(=O)n1. The Morgan fingerprint density at radius 1 is 0.812 bits per heavy atom. The van der Waals surface area contributed by atoms with E-state index in [9.17, 15) is 67.5 Å². The van der Waals surface area contributed by atoms with Gasteiger partial charge in [-0.1, -0.05) is 0 Å². The highest BCUT2D eigenvalue weighted by molar-refractivity contribution is 7.69. The maximum Gasteiger partial charge on any atom is 0.490 e. The molecule has 48 heavy (non-hydrogen) atoms. The molecule has 0 radical (unpaired) electrons. The van der Waals surface area contributed by atoms with Crippen LogP contribution >= 0.6 is 31.3 Å². The van der Waals surface area contributed by atoms with Crippen LogP contribution in [0.2, 0.25) is 0 Å². The van der Waals surface area contributed by atoms with Gasteiger partial charge in [-0.3, -0.25) is 28.0 Å². The predicted octanol–water partition coefficient (Wildman–Crippen LogP) is -2.87. The van der Waals surface area contributed by atoms with Crippen molar-refractivity contribution < 1.29 is 84.6 Å². The molecule has 2 saturated heterocycles. The Hall–Kier alpha value is -2.28. The third-order valence-electron chi connectivity index (χ3n) is 6.20. The van der Waals surface area contributed by atoms with Crippen molar-refractivity contribution in [2.24, 2.45) is 0 Å². The van der Waals surface area contributed by atoms with Gasteiger partial charge in [0.1, 0.15) is 30.2 Å². The van der Waals surface area contributed by atoms with Gasteiger partial charge in [0.05, 0.1) is 19.3 Å². The van der Waals surface area contributed by atoms with E-state index in [0.717, 1.165) is 23.0 Å². The number of phosphoric acid groups is 4. The second-order valence-corrected chi connectivity index (χ2v) is 16.0. The Kier molecular flexibility index (Phi) is 11.7. The second-order valence-electron chi connectivity index (χ2n) is 9.77. The lowest BCUT2D eigenvalue weighted by Gasteiger charge is -2.21. The second kappa shape index (κ2) is 14.5. The molecule has 2 fully saturated rings. The van der Waals surface area contributed by atoms with Crippen LogP contribution in [0.5, 0.6) is 0 Å². The number of aliphatic hydroxyl groups excluding tert-OH is 3. The summed E-state index contributed by atoms with van der Waals surface area (Å²) in [6, 6.07) is 2.10. The van der Waals surface area contributed by atoms with Crippen molar-refractivity contribution in [1.82, 2.24) is 19.1 Å². The smallest absolute Gasteiger partial charge is 0.388 e. The van der Waals surface area contributed by atoms with Crippen molar-refractivity contribution >= 4 is 37.1 Å². The van der Waals surface area contributed by atoms with Gasteiger partial charge in [0, 0.05) is 24.9 Å². The Bertz CT molecular complexity index is 1870. The van der Waals surface area contributed by atoms with Crippen LogP contribution in [0.15, 0.2) is 38.9 Å². The van der Waals surface area contributed by atoms with Gasteiger partial charge < -0.3 is 50.1 Å². The number of H-pyrrole nitrogens is 1. The highest BCUT2D eigenvalue weighted by Crippen LogP contribution is 2.71. The number of nitrogens with two attached hydrogens (primary N) is 1. The van der Waals surface area contributed by atoms with Crippen LogP contribution in [0.1, 0.15) is 18.9 Å². The molecule has 4 heterocycles. The molecule has 0 bridgehead atoms. The topological polar surface area (TPSA) is 390 Å². The molecule has 30 heteroatoms. The summed E-state index contributed by atoms with van der Waals surface area (Å²) in [7, 11) is -23.8. The number of hydrogen-bond acceptors (Lipinski definition) is 19. The standard InChI is InChI=1S/C18H27N5O21P4/c19-11-1-3-22(17(28)20-11)15-9(24)5-8(40-15)6-38-45(30,31)42-47(34,35)44-48(36,37)43-46(32,33)39-7-10-13(26)14(27)16(41-10)23-4-2-12(25)21-18(23)29/h1-4,8-10,13-16,24,26-27H,5-7H2,(H,30,31)(H,32,33)(H,34,35)(H,36,37)(H2,19,20,28)(H,21,25,29). The van der Waals surface area contributed by atoms with Gasteiger partial charge in [-0.2, -0.15) is 17.9 Å². The molecule has 11 atom stereocenters. The molecule has 270 valence electrons. The van der Waals surface area contributed by atoms with E-state index in [1.807, 2.05) is 4.98 Å². The summed E-state index contributed by atoms with van der Waals surface area (Å²) in [6.07, 6.45) is -9.28. The maximum absolute atomic E-state index is 12.2. The summed E-state index contributed by atoms with van der Waals surface area (Å²) in [5.41, 5.74) is 2.63. The summed E-state index contributed by atoms with van der Waals surface area (Å²) in [6.45, 7) is -2.11. The minimum absolute atomic E-state index is 0.123. The lowest BCUT2D eigenvalue weighted by atomic mass is 10.1. The van der Waals surface area contributed by atoms with Gasteiger partial charge >= 0.3 is 42.7 Å². The number of anilines is 1. The lowest BCUT2D eigenvalue weighted by Crippen LogP contribution is -2.37. The summed E-state index contributed by atoms with van der Waals surface area (Å²) < 4.78 is 81.2. The number of hydrogen-bond donors (Lipinski definition) is 9. The summed E-state index contributed by atoms with van der Waals surface area (Å²) in [5, 5.41) is 30.5. The van der Waals surface area contributed by atoms with E-state index in [0.29, 0.717) is 4.57 Å². The average molecular weight is 773 g/mol. The number of aromatic nitrogens is 4. The maximum atomic E-state index is 12.2. The number of nitrogens with zero attached hydrogens (tertiary/aromatic N) is 3. The molecule has 0 saturated carbocycles. The third kappa shape index (κ3) is 9.91. The van der Waals surface area contributed by atoms with Gasteiger partial charge in [0.25, 0.3) is 5.56 Å². The number of phosphoric ester groups is 2. The van der Waals surface area contributed by atoms with Gasteiger partial charge in [-0.25, -0.2) is 27.8 Å². The fourth-order valence-electron chi connectivity index (χ4n) is 4.24. The van der Waals surface area contributed by atoms with E-state index >= 15 is 0 Å². The van der Waals surface area contributed by atoms with Gasteiger partial charge in [0.15, 0.2) is 12.5 Å². The van der Waals surface area contributed by atoms with Crippen LogP contribution < -0.4 is 22.7 Å². The molecule has 4 rings (SSSR count). The Morgan fingerprint density at radius 2 is 1.38 bits per heavy atom. The Morgan fingerprint density at radius 3 is 1.96 bits per heavy atom. The van der Waals surface area contributed by atoms with Crippen molar-refractivity contribution in [1.29, 1.82) is 0 Å². The summed E-state index contributed by atoms with van der Waals surface area (Å²) >= 11 is 0. The van der Waals surface area contributed by atoms with Crippen LogP contribution in [-0.2, 0) is 49.7 Å². The first-order chi connectivity index (χ1) is 22.1. The Balaban J connectivity index is 1.29. The fraction of sp³-hybridized carbons (Fsp3) is 0.556. The fourth-order valence-corrected chi connectivity index (χ4v) is 9.22. The molecule has 0 amide bonds. The van der Waals surface area contributed by atoms with Crippen LogP contribution in [0, 0.1) is 0 Å². The van der Waals surface area contributed by atoms with Crippen molar-refractivity contribution in [3.05, 3.63) is 55.8 Å². The van der Waals surface area contributed by atoms with E-state index in [-0.39, 0.29) is 12.2 Å². The van der Waals surface area contributed by atoms with E-state index in [1.165, 1.54) is 6.07 Å². The highest BCUT2D eigenvalue weighted by atomic mass is 31.3. The largest absolute Gasteiger partial charge is 0.490 e. The zero-order valence-electron chi connectivity index (χ0n) is 23.5. The highest BCUT2D eigenvalue weighted by Gasteiger charge is 2.49. The third-order valence-corrected chi connectivity index (χ3v) is 12.1. The van der Waals surface area contributed by atoms with E-state index in [4.69, 9.17) is 15.2 Å². The molecule has 2 aliphatic heterocycles. The number of aromatic amines is 1. The minimum atomic E-state index is -6.18. The first-order valence-corrected chi connectivity index (χ1v) is 18.8. The van der Waals surface area contributed by atoms with Gasteiger partial charge in [-0.15, -0.1) is 0 Å². The molecular weight excluding hydrogens is 746 g/mol. The molecule has 26 nitrogen and oxygen atoms in total. The molecular formula is C18H27N5O21P4. The average Bonchev–Trinajstić information content (AvgIpc) is 3.43. The Labute approximate surface area is 265 Å². The quantitative estimate of drug-likeness (QED) is 0.0871. The minimum Gasteiger partial charge on any atom is -0.388 e. The molecule has 11 unspecified atom stereocenters. The zero-order valence-corrected chi connectivity index (χ0v) is 27.1. The molecule has 2 aromatic rings. The van der Waals surface area contributed by atoms with Crippen LogP contribution in [0.3, 0.4) is 0 Å². The normalized spacial score (nSPS) is 31.0. The molecule has 10 N–H and O–H groups in total. The van der Waals surface area contributed by atoms with Crippen molar-refractivity contribution in [2.45, 2.75) is 49.4 Å². The summed E-state index contributed by atoms with van der Waals surface area (Å²) in [5.74, 6) is -0.123. The van der Waals surface area contributed by atoms with Crippen LogP contribution in [-0.4, -0.2) is 97.7 Å². The number of aliphatic hydroxyl groups is 3. The van der Waals surface area contributed by atoms with Gasteiger partial charge in [0.2, 0.25) is 0 Å². The first-order valence-electron chi connectivity index (χ1n) is 12.8. The van der Waals surface area contributed by atoms with E-state index in [1.54, 1.807) is 0 Å². The zero-order chi connectivity index (χ0) is 35.8.